The predicted octanol–water partition coefficient (Wildman–Crippen LogP) is 1.73. The van der Waals surface area contributed by atoms with Crippen molar-refractivity contribution in [2.75, 3.05) is 4.90 Å². The fourth-order valence-corrected chi connectivity index (χ4v) is 2.12. The quantitative estimate of drug-likeness (QED) is 0.813. The summed E-state index contributed by atoms with van der Waals surface area (Å²) in [6.07, 6.45) is 0.925. The Bertz CT molecular complexity index is 392. The molecule has 1 unspecified atom stereocenters. The molecule has 2 rings (SSSR count). The first-order valence-corrected chi connectivity index (χ1v) is 5.28. The topological polar surface area (TPSA) is 46.3 Å². The second-order valence-electron chi connectivity index (χ2n) is 4.18. The second-order valence-corrected chi connectivity index (χ2v) is 4.18. The molecule has 1 heterocycles. The van der Waals surface area contributed by atoms with Gasteiger partial charge in [0, 0.05) is 11.7 Å². The lowest BCUT2D eigenvalue weighted by atomic mass is 10.1. The van der Waals surface area contributed by atoms with Crippen molar-refractivity contribution in [3.05, 3.63) is 29.8 Å². The number of nitrogens with zero attached hydrogens (tertiary/aromatic N) is 1. The number of benzene rings is 1. The van der Waals surface area contributed by atoms with Gasteiger partial charge in [0.15, 0.2) is 0 Å². The van der Waals surface area contributed by atoms with Gasteiger partial charge < -0.3 is 10.6 Å². The monoisotopic (exact) mass is 240 g/mol. The lowest BCUT2D eigenvalue weighted by molar-refractivity contribution is -0.119. The van der Waals surface area contributed by atoms with Gasteiger partial charge in [-0.1, -0.05) is 18.2 Å². The van der Waals surface area contributed by atoms with Crippen LogP contribution in [0.15, 0.2) is 24.3 Å². The summed E-state index contributed by atoms with van der Waals surface area (Å²) in [6.45, 7) is 3.79. The Kier molecular flexibility index (Phi) is 3.94. The van der Waals surface area contributed by atoms with Gasteiger partial charge in [-0.25, -0.2) is 0 Å². The number of amides is 1. The third kappa shape index (κ3) is 2.06. The molecule has 1 aliphatic heterocycles. The van der Waals surface area contributed by atoms with Crippen LogP contribution in [0, 0.1) is 0 Å². The number of fused-ring (bicyclic) bond motifs is 1. The van der Waals surface area contributed by atoms with Crippen molar-refractivity contribution >= 4 is 24.0 Å². The van der Waals surface area contributed by atoms with Crippen LogP contribution in [0.3, 0.4) is 0 Å². The zero-order valence-electron chi connectivity index (χ0n) is 9.51. The molecule has 0 spiro atoms. The summed E-state index contributed by atoms with van der Waals surface area (Å²) in [5, 5.41) is 0. The molecule has 0 saturated carbocycles. The van der Waals surface area contributed by atoms with Gasteiger partial charge in [-0.05, 0) is 31.9 Å². The molecule has 0 bridgehead atoms. The summed E-state index contributed by atoms with van der Waals surface area (Å²) >= 11 is 0. The molecule has 16 heavy (non-hydrogen) atoms. The Morgan fingerprint density at radius 2 is 2.12 bits per heavy atom. The molecular formula is C12H17ClN2O. The van der Waals surface area contributed by atoms with Crippen molar-refractivity contribution in [2.24, 2.45) is 5.73 Å². The maximum atomic E-state index is 11.9. The summed E-state index contributed by atoms with van der Waals surface area (Å²) in [7, 11) is 0. The highest BCUT2D eigenvalue weighted by atomic mass is 35.5. The molecule has 0 aliphatic carbocycles. The van der Waals surface area contributed by atoms with Crippen molar-refractivity contribution in [2.45, 2.75) is 32.4 Å². The van der Waals surface area contributed by atoms with Crippen LogP contribution in [0.25, 0.3) is 0 Å². The average molecular weight is 241 g/mol. The number of anilines is 1. The minimum Gasteiger partial charge on any atom is -0.320 e. The van der Waals surface area contributed by atoms with Gasteiger partial charge in [0.2, 0.25) is 5.91 Å². The van der Waals surface area contributed by atoms with Crippen LogP contribution in [0.2, 0.25) is 0 Å². The zero-order valence-corrected chi connectivity index (χ0v) is 10.3. The molecule has 2 atom stereocenters. The molecule has 3 nitrogen and oxygen atoms in total. The molecule has 1 aliphatic rings. The van der Waals surface area contributed by atoms with E-state index in [0.717, 1.165) is 12.1 Å². The van der Waals surface area contributed by atoms with Crippen LogP contribution in [0.1, 0.15) is 19.4 Å². The second kappa shape index (κ2) is 4.85. The third-order valence-corrected chi connectivity index (χ3v) is 2.83. The van der Waals surface area contributed by atoms with E-state index in [1.54, 1.807) is 6.92 Å². The van der Waals surface area contributed by atoms with Crippen molar-refractivity contribution in [3.8, 4) is 0 Å². The Labute approximate surface area is 102 Å². The van der Waals surface area contributed by atoms with Crippen molar-refractivity contribution in [3.63, 3.8) is 0 Å². The number of carbonyl (C=O) groups is 1. The van der Waals surface area contributed by atoms with E-state index < -0.39 is 6.04 Å². The molecule has 1 aromatic rings. The van der Waals surface area contributed by atoms with Crippen LogP contribution in [0.4, 0.5) is 5.69 Å². The fourth-order valence-electron chi connectivity index (χ4n) is 2.12. The fraction of sp³-hybridized carbons (Fsp3) is 0.417. The summed E-state index contributed by atoms with van der Waals surface area (Å²) in [4.78, 5) is 13.7. The summed E-state index contributed by atoms with van der Waals surface area (Å²) in [5.74, 6) is 0.00690. The minimum absolute atomic E-state index is 0. The van der Waals surface area contributed by atoms with E-state index in [4.69, 9.17) is 5.73 Å². The van der Waals surface area contributed by atoms with Crippen molar-refractivity contribution < 1.29 is 4.79 Å². The van der Waals surface area contributed by atoms with Crippen molar-refractivity contribution in [1.82, 2.24) is 0 Å². The van der Waals surface area contributed by atoms with Gasteiger partial charge in [0.05, 0.1) is 6.04 Å². The van der Waals surface area contributed by atoms with Gasteiger partial charge in [-0.15, -0.1) is 12.4 Å². The molecular weight excluding hydrogens is 224 g/mol. The molecule has 4 heteroatoms. The van der Waals surface area contributed by atoms with Gasteiger partial charge >= 0.3 is 0 Å². The predicted molar refractivity (Wildman–Crippen MR) is 68.0 cm³/mol. The van der Waals surface area contributed by atoms with Crippen molar-refractivity contribution in [1.29, 1.82) is 0 Å². The Balaban J connectivity index is 0.00000128. The summed E-state index contributed by atoms with van der Waals surface area (Å²) in [6, 6.07) is 7.81. The molecule has 88 valence electrons. The number of rotatable bonds is 1. The number of halogens is 1. The van der Waals surface area contributed by atoms with E-state index >= 15 is 0 Å². The van der Waals surface area contributed by atoms with E-state index in [1.165, 1.54) is 5.56 Å². The lowest BCUT2D eigenvalue weighted by Crippen LogP contribution is -2.45. The summed E-state index contributed by atoms with van der Waals surface area (Å²) < 4.78 is 0. The lowest BCUT2D eigenvalue weighted by Gasteiger charge is -2.24. The molecule has 1 aromatic carbocycles. The van der Waals surface area contributed by atoms with Crippen LogP contribution in [0.5, 0.6) is 0 Å². The maximum Gasteiger partial charge on any atom is 0.243 e. The standard InChI is InChI=1S/C12H16N2O.ClH/c1-8-7-10-5-3-4-6-11(10)14(8)12(15)9(2)13;/h3-6,8-9H,7,13H2,1-2H3;1H/t8?,9-;/m0./s1. The van der Waals surface area contributed by atoms with Gasteiger partial charge in [-0.3, -0.25) is 4.79 Å². The molecule has 0 aromatic heterocycles. The maximum absolute atomic E-state index is 11.9. The largest absolute Gasteiger partial charge is 0.320 e. The molecule has 2 N–H and O–H groups in total. The number of hydrogen-bond acceptors (Lipinski definition) is 2. The highest BCUT2D eigenvalue weighted by Crippen LogP contribution is 2.31. The smallest absolute Gasteiger partial charge is 0.243 e. The highest BCUT2D eigenvalue weighted by molar-refractivity contribution is 5.99. The van der Waals surface area contributed by atoms with E-state index in [0.29, 0.717) is 0 Å². The van der Waals surface area contributed by atoms with Gasteiger partial charge in [0.25, 0.3) is 0 Å². The first kappa shape index (κ1) is 13.0. The van der Waals surface area contributed by atoms with Crippen LogP contribution >= 0.6 is 12.4 Å². The number of hydrogen-bond donors (Lipinski definition) is 1. The molecule has 0 radical (unpaired) electrons. The van der Waals surface area contributed by atoms with E-state index in [9.17, 15) is 4.79 Å². The first-order valence-electron chi connectivity index (χ1n) is 5.28. The Morgan fingerprint density at radius 1 is 1.50 bits per heavy atom. The highest BCUT2D eigenvalue weighted by Gasteiger charge is 2.31. The van der Waals surface area contributed by atoms with E-state index in [1.807, 2.05) is 23.1 Å². The van der Waals surface area contributed by atoms with E-state index in [-0.39, 0.29) is 24.4 Å². The molecule has 1 amide bonds. The molecule has 0 saturated heterocycles. The van der Waals surface area contributed by atoms with Gasteiger partial charge in [0.1, 0.15) is 0 Å². The zero-order chi connectivity index (χ0) is 11.0. The van der Waals surface area contributed by atoms with E-state index in [2.05, 4.69) is 13.0 Å². The molecule has 0 fully saturated rings. The summed E-state index contributed by atoms with van der Waals surface area (Å²) in [5.41, 5.74) is 7.90. The third-order valence-electron chi connectivity index (χ3n) is 2.83. The SMILES string of the molecule is CC1Cc2ccccc2N1C(=O)[C@H](C)N.Cl. The number of nitrogens with two attached hydrogens (primary N) is 1. The Morgan fingerprint density at radius 3 is 2.75 bits per heavy atom. The number of para-hydroxylation sites is 1. The van der Waals surface area contributed by atoms with Gasteiger partial charge in [-0.2, -0.15) is 0 Å². The van der Waals surface area contributed by atoms with Crippen LogP contribution < -0.4 is 10.6 Å². The normalized spacial score (nSPS) is 19.9. The van der Waals surface area contributed by atoms with Crippen LogP contribution in [-0.4, -0.2) is 18.0 Å². The van der Waals surface area contributed by atoms with Crippen LogP contribution in [-0.2, 0) is 11.2 Å². The average Bonchev–Trinajstić information content (AvgIpc) is 2.52. The Hall–Kier alpha value is -1.06. The number of carbonyl (C=O) groups excluding carboxylic acids is 1. The minimum atomic E-state index is -0.432. The first-order chi connectivity index (χ1) is 7.11.